The van der Waals surface area contributed by atoms with Crippen molar-refractivity contribution in [2.45, 2.75) is 0 Å². The summed E-state index contributed by atoms with van der Waals surface area (Å²) in [6.07, 6.45) is 0. The largest absolute Gasteiger partial charge is 0.493 e. The fraction of sp³-hybridized carbons (Fsp3) is 0.129. The summed E-state index contributed by atoms with van der Waals surface area (Å²) in [7, 11) is 6.12. The molecule has 0 bridgehead atoms. The van der Waals surface area contributed by atoms with Crippen LogP contribution in [-0.2, 0) is 0 Å². The molecule has 0 aliphatic heterocycles. The number of carbonyl (C=O) groups is 2. The van der Waals surface area contributed by atoms with Crippen molar-refractivity contribution in [3.63, 3.8) is 0 Å². The van der Waals surface area contributed by atoms with E-state index in [0.29, 0.717) is 56.5 Å². The molecule has 2 amide bonds. The van der Waals surface area contributed by atoms with Crippen molar-refractivity contribution in [1.82, 2.24) is 4.98 Å². The van der Waals surface area contributed by atoms with Gasteiger partial charge in [-0.2, -0.15) is 0 Å². The summed E-state index contributed by atoms with van der Waals surface area (Å²) in [5, 5.41) is 7.65. The Balaban J connectivity index is 1.38. The zero-order valence-electron chi connectivity index (χ0n) is 22.4. The molecule has 0 fully saturated rings. The van der Waals surface area contributed by atoms with Crippen LogP contribution in [0.15, 0.2) is 78.9 Å². The van der Waals surface area contributed by atoms with Crippen molar-refractivity contribution in [2.75, 3.05) is 39.1 Å². The van der Waals surface area contributed by atoms with Crippen molar-refractivity contribution in [2.24, 2.45) is 0 Å². The molecule has 202 valence electrons. The number of aromatic nitrogens is 1. The summed E-state index contributed by atoms with van der Waals surface area (Å²) >= 11 is 0. The van der Waals surface area contributed by atoms with E-state index in [4.69, 9.17) is 23.9 Å². The minimum Gasteiger partial charge on any atom is -0.493 e. The van der Waals surface area contributed by atoms with Crippen LogP contribution >= 0.6 is 0 Å². The molecule has 5 rings (SSSR count). The summed E-state index contributed by atoms with van der Waals surface area (Å²) in [5.74, 6) is 1.44. The van der Waals surface area contributed by atoms with Crippen LogP contribution in [0, 0.1) is 0 Å². The fourth-order valence-electron chi connectivity index (χ4n) is 4.34. The third-order valence-electron chi connectivity index (χ3n) is 6.42. The predicted molar refractivity (Wildman–Crippen MR) is 154 cm³/mol. The number of ether oxygens (including phenoxy) is 4. The van der Waals surface area contributed by atoms with Gasteiger partial charge in [0.15, 0.2) is 23.0 Å². The highest BCUT2D eigenvalue weighted by Gasteiger charge is 2.13. The van der Waals surface area contributed by atoms with Crippen molar-refractivity contribution in [3.8, 4) is 23.0 Å². The molecule has 0 radical (unpaired) electrons. The number of anilines is 2. The van der Waals surface area contributed by atoms with Gasteiger partial charge >= 0.3 is 0 Å². The van der Waals surface area contributed by atoms with E-state index < -0.39 is 0 Å². The summed E-state index contributed by atoms with van der Waals surface area (Å²) in [4.78, 5) is 30.6. The first-order valence-electron chi connectivity index (χ1n) is 12.3. The van der Waals surface area contributed by atoms with Crippen LogP contribution in [0.2, 0.25) is 0 Å². The van der Waals surface area contributed by atoms with Gasteiger partial charge in [0.1, 0.15) is 0 Å². The minimum absolute atomic E-state index is 0.291. The first-order valence-corrected chi connectivity index (χ1v) is 12.3. The van der Waals surface area contributed by atoms with Gasteiger partial charge in [0.2, 0.25) is 0 Å². The Morgan fingerprint density at radius 2 is 0.950 bits per heavy atom. The fourth-order valence-corrected chi connectivity index (χ4v) is 4.34. The van der Waals surface area contributed by atoms with Gasteiger partial charge in [-0.25, -0.2) is 4.98 Å². The molecule has 4 aromatic carbocycles. The first-order chi connectivity index (χ1) is 19.4. The summed E-state index contributed by atoms with van der Waals surface area (Å²) < 4.78 is 21.1. The highest BCUT2D eigenvalue weighted by molar-refractivity contribution is 6.07. The van der Waals surface area contributed by atoms with Gasteiger partial charge < -0.3 is 29.6 Å². The Morgan fingerprint density at radius 1 is 0.525 bits per heavy atom. The first kappa shape index (κ1) is 26.3. The third-order valence-corrected chi connectivity index (χ3v) is 6.42. The SMILES string of the molecule is COc1ccc(C(=O)Nc2ccc3cc4ccc(NC(=O)c5ccc(OC)c(OC)c5)cc4nc3c2)cc1OC. The maximum absolute atomic E-state index is 12.9. The Labute approximate surface area is 230 Å². The molecule has 1 heterocycles. The van der Waals surface area contributed by atoms with Gasteiger partial charge in [-0.1, -0.05) is 12.1 Å². The number of pyridine rings is 1. The number of methoxy groups -OCH3 is 4. The lowest BCUT2D eigenvalue weighted by Crippen LogP contribution is -2.12. The van der Waals surface area contributed by atoms with Crippen LogP contribution in [0.1, 0.15) is 20.7 Å². The van der Waals surface area contributed by atoms with Crippen molar-refractivity contribution < 1.29 is 28.5 Å². The standard InChI is InChI=1S/C31H27N3O6/c1-37-26-11-7-20(14-28(26)39-3)30(35)32-22-9-5-18-13-19-6-10-23(17-25(19)34-24(18)16-22)33-31(36)21-8-12-27(38-2)29(15-21)40-4/h5-17H,1-4H3,(H,32,35)(H,33,36). The third kappa shape index (κ3) is 5.30. The zero-order valence-corrected chi connectivity index (χ0v) is 22.4. The molecular formula is C31H27N3O6. The molecule has 0 spiro atoms. The molecule has 0 saturated heterocycles. The Morgan fingerprint density at radius 3 is 1.35 bits per heavy atom. The van der Waals surface area contributed by atoms with E-state index in [1.165, 1.54) is 14.2 Å². The van der Waals surface area contributed by atoms with Crippen LogP contribution < -0.4 is 29.6 Å². The summed E-state index contributed by atoms with van der Waals surface area (Å²) in [6.45, 7) is 0. The van der Waals surface area contributed by atoms with Crippen molar-refractivity contribution in [3.05, 3.63) is 90.0 Å². The average molecular weight is 538 g/mol. The number of carbonyl (C=O) groups excluding carboxylic acids is 2. The van der Waals surface area contributed by atoms with E-state index in [-0.39, 0.29) is 11.8 Å². The van der Waals surface area contributed by atoms with Gasteiger partial charge in [-0.3, -0.25) is 9.59 Å². The molecule has 1 aromatic heterocycles. The lowest BCUT2D eigenvalue weighted by Gasteiger charge is -2.11. The van der Waals surface area contributed by atoms with Crippen molar-refractivity contribution in [1.29, 1.82) is 0 Å². The van der Waals surface area contributed by atoms with E-state index >= 15 is 0 Å². The number of rotatable bonds is 8. The van der Waals surface area contributed by atoms with E-state index in [1.54, 1.807) is 50.6 Å². The molecule has 0 atom stereocenters. The summed E-state index contributed by atoms with van der Waals surface area (Å²) in [6, 6.07) is 23.0. The van der Waals surface area contributed by atoms with Crippen LogP contribution in [-0.4, -0.2) is 45.2 Å². The molecule has 9 heteroatoms. The van der Waals surface area contributed by atoms with Crippen molar-refractivity contribution >= 4 is 45.0 Å². The smallest absolute Gasteiger partial charge is 0.255 e. The molecule has 5 aromatic rings. The second-order valence-corrected chi connectivity index (χ2v) is 8.85. The molecule has 0 aliphatic rings. The van der Waals surface area contributed by atoms with E-state index in [1.807, 2.05) is 42.5 Å². The Bertz CT molecular complexity index is 1630. The molecular weight excluding hydrogens is 510 g/mol. The van der Waals surface area contributed by atoms with Gasteiger partial charge in [-0.05, 0) is 66.7 Å². The molecule has 0 unspecified atom stereocenters. The van der Waals surface area contributed by atoms with Gasteiger partial charge in [0.25, 0.3) is 11.8 Å². The number of hydrogen-bond donors (Lipinski definition) is 2. The average Bonchev–Trinajstić information content (AvgIpc) is 2.99. The lowest BCUT2D eigenvalue weighted by molar-refractivity contribution is 0.101. The summed E-state index contributed by atoms with van der Waals surface area (Å²) in [5.41, 5.74) is 3.44. The molecule has 0 aliphatic carbocycles. The molecule has 2 N–H and O–H groups in total. The number of amides is 2. The second-order valence-electron chi connectivity index (χ2n) is 8.85. The number of hydrogen-bond acceptors (Lipinski definition) is 7. The van der Waals surface area contributed by atoms with Gasteiger partial charge in [-0.15, -0.1) is 0 Å². The van der Waals surface area contributed by atoms with Crippen LogP contribution in [0.5, 0.6) is 23.0 Å². The highest BCUT2D eigenvalue weighted by Crippen LogP contribution is 2.30. The van der Waals surface area contributed by atoms with E-state index in [2.05, 4.69) is 10.6 Å². The zero-order chi connectivity index (χ0) is 28.2. The monoisotopic (exact) mass is 537 g/mol. The highest BCUT2D eigenvalue weighted by atomic mass is 16.5. The van der Waals surface area contributed by atoms with Crippen LogP contribution in [0.25, 0.3) is 21.8 Å². The molecule has 9 nitrogen and oxygen atoms in total. The topological polar surface area (TPSA) is 108 Å². The lowest BCUT2D eigenvalue weighted by atomic mass is 10.1. The van der Waals surface area contributed by atoms with Gasteiger partial charge in [0.05, 0.1) is 39.5 Å². The molecule has 0 saturated carbocycles. The predicted octanol–water partition coefficient (Wildman–Crippen LogP) is 5.93. The Kier molecular flexibility index (Phi) is 7.37. The maximum atomic E-state index is 12.9. The second kappa shape index (κ2) is 11.2. The van der Waals surface area contributed by atoms with Crippen LogP contribution in [0.4, 0.5) is 11.4 Å². The number of nitrogens with zero attached hydrogens (tertiary/aromatic N) is 1. The van der Waals surface area contributed by atoms with Crippen LogP contribution in [0.3, 0.4) is 0 Å². The van der Waals surface area contributed by atoms with E-state index in [0.717, 1.165) is 10.8 Å². The number of nitrogens with one attached hydrogen (secondary N) is 2. The maximum Gasteiger partial charge on any atom is 0.255 e. The van der Waals surface area contributed by atoms with E-state index in [9.17, 15) is 9.59 Å². The Hall–Kier alpha value is -5.31. The quantitative estimate of drug-likeness (QED) is 0.236. The number of benzene rings is 4. The minimum atomic E-state index is -0.291. The van der Waals surface area contributed by atoms with Gasteiger partial charge in [0, 0.05) is 33.3 Å². The number of fused-ring (bicyclic) bond motifs is 2. The molecule has 40 heavy (non-hydrogen) atoms. The normalized spacial score (nSPS) is 10.7.